The molecule has 4 heteroatoms. The van der Waals surface area contributed by atoms with Gasteiger partial charge in [-0.1, -0.05) is 12.1 Å². The van der Waals surface area contributed by atoms with Crippen molar-refractivity contribution in [2.45, 2.75) is 6.92 Å². The third-order valence-corrected chi connectivity index (χ3v) is 1.90. The molecule has 65 valence electrons. The first-order chi connectivity index (χ1) is 6.27. The van der Waals surface area contributed by atoms with Gasteiger partial charge in [0.25, 0.3) is 0 Å². The van der Waals surface area contributed by atoms with Crippen molar-refractivity contribution >= 4 is 0 Å². The largest absolute Gasteiger partial charge is 0.239 e. The quantitative estimate of drug-likeness (QED) is 0.708. The van der Waals surface area contributed by atoms with Crippen molar-refractivity contribution in [3.8, 4) is 11.4 Å². The maximum atomic E-state index is 3.85. The molecule has 0 saturated heterocycles. The molecule has 0 amide bonds. The smallest absolute Gasteiger partial charge is 0.179 e. The third-order valence-electron chi connectivity index (χ3n) is 1.90. The Kier molecular flexibility index (Phi) is 1.81. The number of aromatic amines is 1. The van der Waals surface area contributed by atoms with Crippen molar-refractivity contribution in [2.24, 2.45) is 0 Å². The fraction of sp³-hybridized carbons (Fsp3) is 0.111. The van der Waals surface area contributed by atoms with Gasteiger partial charge in [-0.05, 0) is 41.5 Å². The minimum atomic E-state index is 0.683. The molecular formula is C9H9N4. The van der Waals surface area contributed by atoms with Crippen molar-refractivity contribution in [3.05, 3.63) is 36.2 Å². The van der Waals surface area contributed by atoms with Crippen molar-refractivity contribution in [3.63, 3.8) is 0 Å². The molecule has 1 radical (unpaired) electrons. The van der Waals surface area contributed by atoms with Gasteiger partial charge in [-0.15, -0.1) is 5.10 Å². The van der Waals surface area contributed by atoms with E-state index in [9.17, 15) is 0 Å². The molecule has 1 aromatic carbocycles. The number of hydrogen-bond acceptors (Lipinski definition) is 3. The molecule has 4 nitrogen and oxygen atoms in total. The standard InChI is InChI=1S/C9H9N4/c1-6-3-4-7(2)8(5-6)9-10-12-13-11-9/h3-5H,1H2,2H3,(H,10,11,12,13). The number of nitrogens with one attached hydrogen (secondary N) is 1. The van der Waals surface area contributed by atoms with Gasteiger partial charge >= 0.3 is 0 Å². The number of tetrazole rings is 1. The molecule has 2 rings (SSSR count). The van der Waals surface area contributed by atoms with E-state index < -0.39 is 0 Å². The highest BCUT2D eigenvalue weighted by Gasteiger charge is 2.04. The Morgan fingerprint density at radius 2 is 2.23 bits per heavy atom. The van der Waals surface area contributed by atoms with Gasteiger partial charge in [-0.25, -0.2) is 5.10 Å². The van der Waals surface area contributed by atoms with Crippen LogP contribution in [0, 0.1) is 13.8 Å². The van der Waals surface area contributed by atoms with Gasteiger partial charge < -0.3 is 0 Å². The lowest BCUT2D eigenvalue weighted by atomic mass is 10.1. The van der Waals surface area contributed by atoms with Crippen LogP contribution in [0.2, 0.25) is 0 Å². The van der Waals surface area contributed by atoms with Crippen molar-refractivity contribution in [2.75, 3.05) is 0 Å². The molecule has 0 spiro atoms. The van der Waals surface area contributed by atoms with E-state index in [0.29, 0.717) is 5.82 Å². The number of H-pyrrole nitrogens is 1. The van der Waals surface area contributed by atoms with E-state index in [1.54, 1.807) is 0 Å². The van der Waals surface area contributed by atoms with E-state index in [4.69, 9.17) is 0 Å². The Bertz CT molecular complexity index is 406. The molecule has 1 N–H and O–H groups in total. The summed E-state index contributed by atoms with van der Waals surface area (Å²) in [5.41, 5.74) is 3.08. The number of aromatic nitrogens is 4. The van der Waals surface area contributed by atoms with Gasteiger partial charge in [0, 0.05) is 5.56 Å². The van der Waals surface area contributed by atoms with Crippen LogP contribution in [0.1, 0.15) is 11.1 Å². The fourth-order valence-corrected chi connectivity index (χ4v) is 1.20. The highest BCUT2D eigenvalue weighted by molar-refractivity contribution is 5.60. The number of nitrogens with zero attached hydrogens (tertiary/aromatic N) is 3. The molecule has 1 heterocycles. The topological polar surface area (TPSA) is 54.5 Å². The van der Waals surface area contributed by atoms with E-state index in [-0.39, 0.29) is 0 Å². The number of aryl methyl sites for hydroxylation is 1. The molecule has 0 aliphatic carbocycles. The normalized spacial score (nSPS) is 10.3. The number of rotatable bonds is 1. The SMILES string of the molecule is [CH2]c1ccc(C)c(-c2nnn[nH]2)c1. The summed E-state index contributed by atoms with van der Waals surface area (Å²) in [6.07, 6.45) is 0. The monoisotopic (exact) mass is 173 g/mol. The molecule has 13 heavy (non-hydrogen) atoms. The Morgan fingerprint density at radius 1 is 1.38 bits per heavy atom. The minimum Gasteiger partial charge on any atom is -0.239 e. The number of hydrogen-bond donors (Lipinski definition) is 1. The Morgan fingerprint density at radius 3 is 2.92 bits per heavy atom. The van der Waals surface area contributed by atoms with Gasteiger partial charge in [0.15, 0.2) is 5.82 Å². The molecular weight excluding hydrogens is 164 g/mol. The lowest BCUT2D eigenvalue weighted by molar-refractivity contribution is 0.881. The maximum absolute atomic E-state index is 3.85. The van der Waals surface area contributed by atoms with E-state index >= 15 is 0 Å². The lowest BCUT2D eigenvalue weighted by Crippen LogP contribution is -1.86. The first kappa shape index (κ1) is 7.91. The predicted octanol–water partition coefficient (Wildman–Crippen LogP) is 1.36. The van der Waals surface area contributed by atoms with Crippen molar-refractivity contribution in [1.29, 1.82) is 0 Å². The lowest BCUT2D eigenvalue weighted by Gasteiger charge is -2.01. The zero-order chi connectivity index (χ0) is 9.26. The second kappa shape index (κ2) is 2.97. The molecule has 0 aliphatic rings. The van der Waals surface area contributed by atoms with Crippen LogP contribution in [-0.2, 0) is 0 Å². The van der Waals surface area contributed by atoms with E-state index in [1.165, 1.54) is 0 Å². The Balaban J connectivity index is 2.57. The second-order valence-corrected chi connectivity index (χ2v) is 2.90. The van der Waals surface area contributed by atoms with Gasteiger partial charge in [-0.3, -0.25) is 0 Å². The van der Waals surface area contributed by atoms with E-state index in [2.05, 4.69) is 27.5 Å². The van der Waals surface area contributed by atoms with Gasteiger partial charge in [0.2, 0.25) is 0 Å². The highest BCUT2D eigenvalue weighted by atomic mass is 15.5. The van der Waals surface area contributed by atoms with Crippen LogP contribution >= 0.6 is 0 Å². The van der Waals surface area contributed by atoms with Crippen LogP contribution in [0.5, 0.6) is 0 Å². The summed E-state index contributed by atoms with van der Waals surface area (Å²) >= 11 is 0. The number of benzene rings is 1. The van der Waals surface area contributed by atoms with E-state index in [0.717, 1.165) is 16.7 Å². The predicted molar refractivity (Wildman–Crippen MR) is 48.8 cm³/mol. The summed E-state index contributed by atoms with van der Waals surface area (Å²) in [5.74, 6) is 0.683. The molecule has 0 fully saturated rings. The van der Waals surface area contributed by atoms with Gasteiger partial charge in [0.05, 0.1) is 0 Å². The molecule has 0 saturated carbocycles. The van der Waals surface area contributed by atoms with Gasteiger partial charge in [-0.2, -0.15) is 0 Å². The zero-order valence-corrected chi connectivity index (χ0v) is 7.28. The Labute approximate surface area is 76.0 Å². The molecule has 2 aromatic rings. The Hall–Kier alpha value is -1.71. The highest BCUT2D eigenvalue weighted by Crippen LogP contribution is 2.19. The van der Waals surface area contributed by atoms with Crippen LogP contribution in [0.4, 0.5) is 0 Å². The summed E-state index contributed by atoms with van der Waals surface area (Å²) in [6.45, 7) is 5.86. The average Bonchev–Trinajstić information content (AvgIpc) is 2.61. The summed E-state index contributed by atoms with van der Waals surface area (Å²) in [7, 11) is 0. The molecule has 0 unspecified atom stereocenters. The van der Waals surface area contributed by atoms with Crippen LogP contribution in [-0.4, -0.2) is 20.6 Å². The van der Waals surface area contributed by atoms with E-state index in [1.807, 2.05) is 25.1 Å². The first-order valence-electron chi connectivity index (χ1n) is 3.94. The van der Waals surface area contributed by atoms with Crippen LogP contribution < -0.4 is 0 Å². The summed E-state index contributed by atoms with van der Waals surface area (Å²) in [5, 5.41) is 13.6. The molecule has 0 atom stereocenters. The zero-order valence-electron chi connectivity index (χ0n) is 7.28. The molecule has 1 aromatic heterocycles. The summed E-state index contributed by atoms with van der Waals surface area (Å²) < 4.78 is 0. The summed E-state index contributed by atoms with van der Waals surface area (Å²) in [4.78, 5) is 0. The minimum absolute atomic E-state index is 0.683. The van der Waals surface area contributed by atoms with Crippen LogP contribution in [0.25, 0.3) is 11.4 Å². The average molecular weight is 173 g/mol. The molecule has 0 aliphatic heterocycles. The fourth-order valence-electron chi connectivity index (χ4n) is 1.20. The molecule has 0 bridgehead atoms. The van der Waals surface area contributed by atoms with Crippen molar-refractivity contribution in [1.82, 2.24) is 20.6 Å². The van der Waals surface area contributed by atoms with Crippen molar-refractivity contribution < 1.29 is 0 Å². The first-order valence-corrected chi connectivity index (χ1v) is 3.94. The van der Waals surface area contributed by atoms with Crippen LogP contribution in [0.3, 0.4) is 0 Å². The maximum Gasteiger partial charge on any atom is 0.179 e. The summed E-state index contributed by atoms with van der Waals surface area (Å²) in [6, 6.07) is 5.92. The second-order valence-electron chi connectivity index (χ2n) is 2.90. The third kappa shape index (κ3) is 1.42. The van der Waals surface area contributed by atoms with Gasteiger partial charge in [0.1, 0.15) is 0 Å². The van der Waals surface area contributed by atoms with Crippen LogP contribution in [0.15, 0.2) is 18.2 Å².